The largest absolute Gasteiger partial charge is 0.374 e. The van der Waals surface area contributed by atoms with Crippen molar-refractivity contribution in [2.45, 2.75) is 33.5 Å². The van der Waals surface area contributed by atoms with Gasteiger partial charge in [-0.1, -0.05) is 17.7 Å². The van der Waals surface area contributed by atoms with Gasteiger partial charge < -0.3 is 4.74 Å². The Bertz CT molecular complexity index is 281. The van der Waals surface area contributed by atoms with Crippen LogP contribution in [0, 0.1) is 6.92 Å². The van der Waals surface area contributed by atoms with E-state index in [0.717, 1.165) is 5.02 Å². The van der Waals surface area contributed by atoms with Crippen molar-refractivity contribution in [3.63, 3.8) is 0 Å². The van der Waals surface area contributed by atoms with Crippen LogP contribution in [-0.2, 0) is 11.3 Å². The lowest BCUT2D eigenvalue weighted by atomic mass is 10.1. The van der Waals surface area contributed by atoms with Crippen molar-refractivity contribution in [1.29, 1.82) is 0 Å². The Balaban J connectivity index is 2.67. The molecule has 0 saturated heterocycles. The number of ether oxygens (including phenoxy) is 1. The number of halogens is 1. The van der Waals surface area contributed by atoms with Crippen LogP contribution in [0.15, 0.2) is 18.2 Å². The maximum atomic E-state index is 5.84. The van der Waals surface area contributed by atoms with Gasteiger partial charge in [-0.2, -0.15) is 0 Å². The van der Waals surface area contributed by atoms with Crippen molar-refractivity contribution in [1.82, 2.24) is 0 Å². The molecular formula is C11H15ClO. The summed E-state index contributed by atoms with van der Waals surface area (Å²) in [5.41, 5.74) is 2.39. The molecule has 0 aliphatic heterocycles. The third-order valence-electron chi connectivity index (χ3n) is 1.88. The second-order valence-corrected chi connectivity index (χ2v) is 3.87. The van der Waals surface area contributed by atoms with Gasteiger partial charge in [0, 0.05) is 5.02 Å². The number of hydrogen-bond acceptors (Lipinski definition) is 1. The maximum Gasteiger partial charge on any atom is 0.0722 e. The van der Waals surface area contributed by atoms with Crippen LogP contribution in [0.2, 0.25) is 5.02 Å². The first kappa shape index (κ1) is 10.6. The molecule has 1 aromatic carbocycles. The molecule has 1 nitrogen and oxygen atoms in total. The van der Waals surface area contributed by atoms with E-state index in [-0.39, 0.29) is 6.10 Å². The smallest absolute Gasteiger partial charge is 0.0722 e. The van der Waals surface area contributed by atoms with Crippen LogP contribution < -0.4 is 0 Å². The Morgan fingerprint density at radius 3 is 2.62 bits per heavy atom. The summed E-state index contributed by atoms with van der Waals surface area (Å²) >= 11 is 5.84. The van der Waals surface area contributed by atoms with Gasteiger partial charge >= 0.3 is 0 Å². The van der Waals surface area contributed by atoms with Crippen molar-refractivity contribution in [3.8, 4) is 0 Å². The van der Waals surface area contributed by atoms with E-state index in [1.54, 1.807) is 0 Å². The first-order valence-electron chi connectivity index (χ1n) is 4.46. The maximum absolute atomic E-state index is 5.84. The number of hydrogen-bond donors (Lipinski definition) is 0. The highest BCUT2D eigenvalue weighted by Gasteiger charge is 2.00. The molecule has 0 aliphatic carbocycles. The monoisotopic (exact) mass is 198 g/mol. The lowest BCUT2D eigenvalue weighted by Gasteiger charge is -2.09. The first-order chi connectivity index (χ1) is 6.09. The minimum absolute atomic E-state index is 0.273. The van der Waals surface area contributed by atoms with Crippen LogP contribution in [0.3, 0.4) is 0 Å². The average Bonchev–Trinajstić information content (AvgIpc) is 2.02. The van der Waals surface area contributed by atoms with E-state index in [1.165, 1.54) is 11.1 Å². The molecule has 1 rings (SSSR count). The van der Waals surface area contributed by atoms with E-state index < -0.39 is 0 Å². The Kier molecular flexibility index (Phi) is 3.76. The Morgan fingerprint density at radius 2 is 2.08 bits per heavy atom. The SMILES string of the molecule is Cc1cc(Cl)ccc1COC(C)C. The van der Waals surface area contributed by atoms with E-state index >= 15 is 0 Å². The van der Waals surface area contributed by atoms with Gasteiger partial charge in [-0.25, -0.2) is 0 Å². The lowest BCUT2D eigenvalue weighted by Crippen LogP contribution is -2.03. The Morgan fingerprint density at radius 1 is 1.38 bits per heavy atom. The summed E-state index contributed by atoms with van der Waals surface area (Å²) in [6.45, 7) is 6.78. The molecule has 2 heteroatoms. The van der Waals surface area contributed by atoms with Crippen molar-refractivity contribution in [2.24, 2.45) is 0 Å². The van der Waals surface area contributed by atoms with Crippen molar-refractivity contribution in [3.05, 3.63) is 34.3 Å². The fourth-order valence-electron chi connectivity index (χ4n) is 1.08. The zero-order valence-corrected chi connectivity index (χ0v) is 9.06. The normalized spacial score (nSPS) is 10.8. The summed E-state index contributed by atoms with van der Waals surface area (Å²) in [4.78, 5) is 0. The van der Waals surface area contributed by atoms with Crippen molar-refractivity contribution in [2.75, 3.05) is 0 Å². The number of rotatable bonds is 3. The fraction of sp³-hybridized carbons (Fsp3) is 0.455. The summed E-state index contributed by atoms with van der Waals surface area (Å²) in [6.07, 6.45) is 0.273. The molecule has 0 aliphatic rings. The Hall–Kier alpha value is -0.530. The highest BCUT2D eigenvalue weighted by Crippen LogP contribution is 2.16. The van der Waals surface area contributed by atoms with Gasteiger partial charge in [-0.05, 0) is 44.0 Å². The van der Waals surface area contributed by atoms with Crippen LogP contribution >= 0.6 is 11.6 Å². The molecule has 0 unspecified atom stereocenters. The highest BCUT2D eigenvalue weighted by atomic mass is 35.5. The van der Waals surface area contributed by atoms with E-state index in [9.17, 15) is 0 Å². The molecule has 0 N–H and O–H groups in total. The third kappa shape index (κ3) is 3.37. The molecule has 0 aromatic heterocycles. The van der Waals surface area contributed by atoms with Gasteiger partial charge in [0.05, 0.1) is 12.7 Å². The summed E-state index contributed by atoms with van der Waals surface area (Å²) in [6, 6.07) is 5.87. The van der Waals surface area contributed by atoms with Crippen LogP contribution in [0.5, 0.6) is 0 Å². The van der Waals surface area contributed by atoms with Gasteiger partial charge in [0.1, 0.15) is 0 Å². The van der Waals surface area contributed by atoms with Gasteiger partial charge in [0.15, 0.2) is 0 Å². The van der Waals surface area contributed by atoms with Crippen molar-refractivity contribution >= 4 is 11.6 Å². The molecule has 13 heavy (non-hydrogen) atoms. The molecule has 0 fully saturated rings. The molecule has 0 radical (unpaired) electrons. The van der Waals surface area contributed by atoms with Crippen LogP contribution in [0.4, 0.5) is 0 Å². The molecule has 0 spiro atoms. The highest BCUT2D eigenvalue weighted by molar-refractivity contribution is 6.30. The van der Waals surface area contributed by atoms with Crippen LogP contribution in [-0.4, -0.2) is 6.10 Å². The minimum atomic E-state index is 0.273. The number of aryl methyl sites for hydroxylation is 1. The minimum Gasteiger partial charge on any atom is -0.374 e. The topological polar surface area (TPSA) is 9.23 Å². The van der Waals surface area contributed by atoms with Gasteiger partial charge in [-0.3, -0.25) is 0 Å². The quantitative estimate of drug-likeness (QED) is 0.722. The molecule has 0 saturated carbocycles. The van der Waals surface area contributed by atoms with Crippen molar-refractivity contribution < 1.29 is 4.74 Å². The molecule has 0 bridgehead atoms. The second kappa shape index (κ2) is 4.64. The van der Waals surface area contributed by atoms with Gasteiger partial charge in [0.25, 0.3) is 0 Å². The predicted molar refractivity (Wildman–Crippen MR) is 56.1 cm³/mol. The molecule has 0 amide bonds. The average molecular weight is 199 g/mol. The molecule has 0 atom stereocenters. The van der Waals surface area contributed by atoms with Crippen LogP contribution in [0.25, 0.3) is 0 Å². The summed E-state index contributed by atoms with van der Waals surface area (Å²) in [5, 5.41) is 0.783. The zero-order valence-electron chi connectivity index (χ0n) is 8.30. The molecule has 1 aromatic rings. The first-order valence-corrected chi connectivity index (χ1v) is 4.84. The summed E-state index contributed by atoms with van der Waals surface area (Å²) in [5.74, 6) is 0. The molecular weight excluding hydrogens is 184 g/mol. The van der Waals surface area contributed by atoms with E-state index in [2.05, 4.69) is 0 Å². The third-order valence-corrected chi connectivity index (χ3v) is 2.11. The summed E-state index contributed by atoms with van der Waals surface area (Å²) in [7, 11) is 0. The second-order valence-electron chi connectivity index (χ2n) is 3.43. The van der Waals surface area contributed by atoms with E-state index in [0.29, 0.717) is 6.61 Å². The summed E-state index contributed by atoms with van der Waals surface area (Å²) < 4.78 is 5.51. The standard InChI is InChI=1S/C11H15ClO/c1-8(2)13-7-10-4-5-11(12)6-9(10)3/h4-6,8H,7H2,1-3H3. The predicted octanol–water partition coefficient (Wildman–Crippen LogP) is 3.57. The van der Waals surface area contributed by atoms with E-state index in [4.69, 9.17) is 16.3 Å². The van der Waals surface area contributed by atoms with Crippen LogP contribution in [0.1, 0.15) is 25.0 Å². The molecule has 72 valence electrons. The van der Waals surface area contributed by atoms with E-state index in [1.807, 2.05) is 39.0 Å². The zero-order chi connectivity index (χ0) is 9.84. The Labute approximate surface area is 84.7 Å². The fourth-order valence-corrected chi connectivity index (χ4v) is 1.30. The van der Waals surface area contributed by atoms with Gasteiger partial charge in [0.2, 0.25) is 0 Å². The molecule has 0 heterocycles. The number of benzene rings is 1. The van der Waals surface area contributed by atoms with Gasteiger partial charge in [-0.15, -0.1) is 0 Å². The lowest BCUT2D eigenvalue weighted by molar-refractivity contribution is 0.0654.